The molecule has 7 nitrogen and oxygen atoms in total. The van der Waals surface area contributed by atoms with Crippen molar-refractivity contribution in [2.45, 2.75) is 6.54 Å². The number of carboxylic acid groups (broad SMARTS) is 1. The first-order chi connectivity index (χ1) is 10.0. The van der Waals surface area contributed by atoms with E-state index in [2.05, 4.69) is 5.32 Å². The lowest BCUT2D eigenvalue weighted by atomic mass is 10.1. The highest BCUT2D eigenvalue weighted by Gasteiger charge is 2.12. The molecule has 7 heteroatoms. The van der Waals surface area contributed by atoms with Crippen molar-refractivity contribution in [1.29, 1.82) is 0 Å². The second-order valence-corrected chi connectivity index (χ2v) is 3.91. The Hall–Kier alpha value is -2.70. The van der Waals surface area contributed by atoms with E-state index in [1.807, 2.05) is 0 Å². The summed E-state index contributed by atoms with van der Waals surface area (Å²) in [6.45, 7) is 0.159. The van der Waals surface area contributed by atoms with Gasteiger partial charge < -0.3 is 24.6 Å². The molecule has 0 aromatic heterocycles. The van der Waals surface area contributed by atoms with Crippen molar-refractivity contribution < 1.29 is 28.9 Å². The van der Waals surface area contributed by atoms with Gasteiger partial charge in [0.2, 0.25) is 5.91 Å². The molecule has 0 heterocycles. The van der Waals surface area contributed by atoms with Crippen LogP contribution in [0.3, 0.4) is 0 Å². The molecule has 0 atom stereocenters. The minimum atomic E-state index is -1.19. The van der Waals surface area contributed by atoms with E-state index in [1.165, 1.54) is 21.3 Å². The Kier molecular flexibility index (Phi) is 6.06. The van der Waals surface area contributed by atoms with Gasteiger partial charge in [-0.2, -0.15) is 0 Å². The van der Waals surface area contributed by atoms with Gasteiger partial charge in [0, 0.05) is 30.3 Å². The van der Waals surface area contributed by atoms with Crippen LogP contribution in [0.5, 0.6) is 17.2 Å². The molecule has 0 unspecified atom stereocenters. The summed E-state index contributed by atoms with van der Waals surface area (Å²) in [6, 6.07) is 3.33. The maximum absolute atomic E-state index is 11.4. The number of nitrogens with one attached hydrogen (secondary N) is 1. The third-order valence-corrected chi connectivity index (χ3v) is 2.62. The number of hydrogen-bond donors (Lipinski definition) is 2. The SMILES string of the molecule is COc1cc(OC)c(OC)cc1CNC(=O)/C=C/C(=O)O. The van der Waals surface area contributed by atoms with Crippen LogP contribution in [0, 0.1) is 0 Å². The van der Waals surface area contributed by atoms with Gasteiger partial charge >= 0.3 is 5.97 Å². The number of amides is 1. The van der Waals surface area contributed by atoms with Crippen molar-refractivity contribution in [2.75, 3.05) is 21.3 Å². The fraction of sp³-hybridized carbons (Fsp3) is 0.286. The molecule has 0 aliphatic carbocycles. The zero-order valence-electron chi connectivity index (χ0n) is 12.0. The number of carbonyl (C=O) groups excluding carboxylic acids is 1. The largest absolute Gasteiger partial charge is 0.496 e. The van der Waals surface area contributed by atoms with Crippen LogP contribution in [0.2, 0.25) is 0 Å². The predicted molar refractivity (Wildman–Crippen MR) is 74.7 cm³/mol. The molecule has 114 valence electrons. The molecule has 0 saturated heterocycles. The molecule has 1 rings (SSSR count). The number of benzene rings is 1. The molecule has 1 aromatic carbocycles. The Balaban J connectivity index is 2.87. The maximum atomic E-state index is 11.4. The standard InChI is InChI=1S/C14H17NO6/c1-19-10-7-12(21-3)11(20-2)6-9(10)8-15-13(16)4-5-14(17)18/h4-7H,8H2,1-3H3,(H,15,16)(H,17,18)/b5-4+. The number of methoxy groups -OCH3 is 3. The second kappa shape index (κ2) is 7.78. The van der Waals surface area contributed by atoms with Gasteiger partial charge in [0.05, 0.1) is 21.3 Å². The number of carbonyl (C=O) groups is 2. The van der Waals surface area contributed by atoms with E-state index < -0.39 is 11.9 Å². The van der Waals surface area contributed by atoms with Gasteiger partial charge in [-0.3, -0.25) is 4.79 Å². The van der Waals surface area contributed by atoms with Crippen LogP contribution < -0.4 is 19.5 Å². The van der Waals surface area contributed by atoms with Gasteiger partial charge in [0.25, 0.3) is 0 Å². The van der Waals surface area contributed by atoms with Crippen LogP contribution in [0.25, 0.3) is 0 Å². The highest BCUT2D eigenvalue weighted by molar-refractivity contribution is 5.93. The first-order valence-corrected chi connectivity index (χ1v) is 5.99. The molecular weight excluding hydrogens is 278 g/mol. The fourth-order valence-electron chi connectivity index (χ4n) is 1.62. The second-order valence-electron chi connectivity index (χ2n) is 3.91. The molecule has 0 fully saturated rings. The molecule has 0 spiro atoms. The van der Waals surface area contributed by atoms with Crippen LogP contribution in [0.4, 0.5) is 0 Å². The normalized spacial score (nSPS) is 10.2. The minimum absolute atomic E-state index is 0.159. The smallest absolute Gasteiger partial charge is 0.328 e. The molecule has 1 aromatic rings. The van der Waals surface area contributed by atoms with Gasteiger partial charge in [-0.15, -0.1) is 0 Å². The molecule has 0 aliphatic rings. The predicted octanol–water partition coefficient (Wildman–Crippen LogP) is 0.969. The number of hydrogen-bond acceptors (Lipinski definition) is 5. The molecule has 2 N–H and O–H groups in total. The Morgan fingerprint density at radius 3 is 2.14 bits per heavy atom. The Morgan fingerprint density at radius 1 is 1.05 bits per heavy atom. The average Bonchev–Trinajstić information content (AvgIpc) is 2.49. The molecule has 0 aliphatic heterocycles. The zero-order chi connectivity index (χ0) is 15.8. The first-order valence-electron chi connectivity index (χ1n) is 5.99. The van der Waals surface area contributed by atoms with Crippen molar-refractivity contribution >= 4 is 11.9 Å². The van der Waals surface area contributed by atoms with Crippen molar-refractivity contribution in [1.82, 2.24) is 5.32 Å². The van der Waals surface area contributed by atoms with Gasteiger partial charge in [-0.05, 0) is 6.07 Å². The zero-order valence-corrected chi connectivity index (χ0v) is 12.0. The van der Waals surface area contributed by atoms with Crippen molar-refractivity contribution in [3.05, 3.63) is 29.8 Å². The monoisotopic (exact) mass is 295 g/mol. The number of carboxylic acids is 1. The molecule has 0 bridgehead atoms. The van der Waals surface area contributed by atoms with E-state index in [9.17, 15) is 9.59 Å². The molecule has 21 heavy (non-hydrogen) atoms. The highest BCUT2D eigenvalue weighted by atomic mass is 16.5. The van der Waals surface area contributed by atoms with Crippen molar-refractivity contribution in [3.8, 4) is 17.2 Å². The third-order valence-electron chi connectivity index (χ3n) is 2.62. The maximum Gasteiger partial charge on any atom is 0.328 e. The quantitative estimate of drug-likeness (QED) is 0.728. The molecule has 0 saturated carbocycles. The van der Waals surface area contributed by atoms with Crippen LogP contribution in [-0.4, -0.2) is 38.3 Å². The highest BCUT2D eigenvalue weighted by Crippen LogP contribution is 2.34. The summed E-state index contributed by atoms with van der Waals surface area (Å²) >= 11 is 0. The summed E-state index contributed by atoms with van der Waals surface area (Å²) in [5, 5.41) is 11.0. The summed E-state index contributed by atoms with van der Waals surface area (Å²) in [4.78, 5) is 21.8. The lowest BCUT2D eigenvalue weighted by molar-refractivity contribution is -0.131. The van der Waals surface area contributed by atoms with E-state index in [-0.39, 0.29) is 6.54 Å². The summed E-state index contributed by atoms with van der Waals surface area (Å²) in [6.07, 6.45) is 1.71. The number of aliphatic carboxylic acids is 1. The van der Waals surface area contributed by atoms with E-state index in [0.29, 0.717) is 22.8 Å². The number of rotatable bonds is 7. The van der Waals surface area contributed by atoms with Crippen LogP contribution in [0.15, 0.2) is 24.3 Å². The lowest BCUT2D eigenvalue weighted by Gasteiger charge is -2.14. The molecular formula is C14H17NO6. The van der Waals surface area contributed by atoms with Crippen LogP contribution in [0.1, 0.15) is 5.56 Å². The fourth-order valence-corrected chi connectivity index (χ4v) is 1.62. The van der Waals surface area contributed by atoms with Crippen molar-refractivity contribution in [2.24, 2.45) is 0 Å². The minimum Gasteiger partial charge on any atom is -0.496 e. The summed E-state index contributed by atoms with van der Waals surface area (Å²) < 4.78 is 15.6. The lowest BCUT2D eigenvalue weighted by Crippen LogP contribution is -2.21. The Bertz CT molecular complexity index is 553. The Morgan fingerprint density at radius 2 is 1.62 bits per heavy atom. The van der Waals surface area contributed by atoms with Crippen LogP contribution >= 0.6 is 0 Å². The summed E-state index contributed by atoms with van der Waals surface area (Å²) in [5.41, 5.74) is 0.673. The molecule has 1 amide bonds. The van der Waals surface area contributed by atoms with Crippen molar-refractivity contribution in [3.63, 3.8) is 0 Å². The van der Waals surface area contributed by atoms with E-state index in [0.717, 1.165) is 12.2 Å². The van der Waals surface area contributed by atoms with E-state index in [1.54, 1.807) is 12.1 Å². The van der Waals surface area contributed by atoms with Gasteiger partial charge in [0.1, 0.15) is 5.75 Å². The first kappa shape index (κ1) is 16.4. The molecule has 0 radical (unpaired) electrons. The average molecular weight is 295 g/mol. The van der Waals surface area contributed by atoms with Gasteiger partial charge in [0.15, 0.2) is 11.5 Å². The van der Waals surface area contributed by atoms with Gasteiger partial charge in [-0.1, -0.05) is 0 Å². The Labute approximate surface area is 122 Å². The topological polar surface area (TPSA) is 94.1 Å². The van der Waals surface area contributed by atoms with Gasteiger partial charge in [-0.25, -0.2) is 4.79 Å². The number of ether oxygens (including phenoxy) is 3. The van der Waals surface area contributed by atoms with Crippen LogP contribution in [-0.2, 0) is 16.1 Å². The summed E-state index contributed by atoms with van der Waals surface area (Å²) in [7, 11) is 4.51. The summed E-state index contributed by atoms with van der Waals surface area (Å²) in [5.74, 6) is -0.169. The third kappa shape index (κ3) is 4.72. The van der Waals surface area contributed by atoms with E-state index >= 15 is 0 Å². The van der Waals surface area contributed by atoms with E-state index in [4.69, 9.17) is 19.3 Å².